The van der Waals surface area contributed by atoms with Crippen LogP contribution in [-0.4, -0.2) is 38.3 Å². The molecule has 1 aromatic heterocycles. The number of anilines is 2. The largest absolute Gasteiger partial charge is 0.347 e. The monoisotopic (exact) mass is 399 g/mol. The summed E-state index contributed by atoms with van der Waals surface area (Å²) >= 11 is 1.64. The van der Waals surface area contributed by atoms with Crippen molar-refractivity contribution in [2.45, 2.75) is 24.5 Å². The first kappa shape index (κ1) is 17.0. The Hall–Kier alpha value is -2.12. The minimum Gasteiger partial charge on any atom is -0.347 e. The number of nitrogens with zero attached hydrogens (tertiary/aromatic N) is 3. The van der Waals surface area contributed by atoms with Crippen LogP contribution >= 0.6 is 11.3 Å². The second kappa shape index (κ2) is 6.49. The maximum absolute atomic E-state index is 13.4. The smallest absolute Gasteiger partial charge is 0.239 e. The van der Waals surface area contributed by atoms with E-state index in [2.05, 4.69) is 11.0 Å². The summed E-state index contributed by atoms with van der Waals surface area (Å²) in [6, 6.07) is 15.9. The second-order valence-corrected chi connectivity index (χ2v) is 10.3. The van der Waals surface area contributed by atoms with Gasteiger partial charge in [-0.05, 0) is 43.0 Å². The zero-order chi connectivity index (χ0) is 18.4. The molecular weight excluding hydrogens is 378 g/mol. The van der Waals surface area contributed by atoms with Crippen molar-refractivity contribution in [2.75, 3.05) is 28.8 Å². The maximum Gasteiger partial charge on any atom is 0.239 e. The Morgan fingerprint density at radius 3 is 2.74 bits per heavy atom. The summed E-state index contributed by atoms with van der Waals surface area (Å²) in [5, 5.41) is 0.544. The predicted molar refractivity (Wildman–Crippen MR) is 111 cm³/mol. The second-order valence-electron chi connectivity index (χ2n) is 7.17. The molecule has 5 rings (SSSR count). The summed E-state index contributed by atoms with van der Waals surface area (Å²) in [6.45, 7) is 1.93. The van der Waals surface area contributed by atoms with Crippen LogP contribution in [0.15, 0.2) is 48.5 Å². The minimum absolute atomic E-state index is 0.385. The molecule has 27 heavy (non-hydrogen) atoms. The Morgan fingerprint density at radius 2 is 1.85 bits per heavy atom. The summed E-state index contributed by atoms with van der Waals surface area (Å²) in [7, 11) is -3.38. The van der Waals surface area contributed by atoms with Crippen LogP contribution in [0, 0.1) is 0 Å². The van der Waals surface area contributed by atoms with Gasteiger partial charge in [0.25, 0.3) is 0 Å². The van der Waals surface area contributed by atoms with E-state index in [4.69, 9.17) is 4.98 Å². The van der Waals surface area contributed by atoms with E-state index in [1.54, 1.807) is 15.6 Å². The van der Waals surface area contributed by atoms with Crippen LogP contribution in [0.3, 0.4) is 0 Å². The molecule has 0 N–H and O–H groups in total. The average molecular weight is 400 g/mol. The summed E-state index contributed by atoms with van der Waals surface area (Å²) in [5.74, 6) is 0. The van der Waals surface area contributed by atoms with Gasteiger partial charge in [0.2, 0.25) is 10.0 Å². The van der Waals surface area contributed by atoms with Crippen molar-refractivity contribution in [3.63, 3.8) is 0 Å². The lowest BCUT2D eigenvalue weighted by Gasteiger charge is -2.34. The van der Waals surface area contributed by atoms with Crippen LogP contribution < -0.4 is 9.21 Å². The van der Waals surface area contributed by atoms with Crippen molar-refractivity contribution in [1.82, 2.24) is 4.98 Å². The molecule has 1 saturated heterocycles. The van der Waals surface area contributed by atoms with Crippen molar-refractivity contribution in [3.8, 4) is 0 Å². The molecule has 3 aromatic rings. The zero-order valence-electron chi connectivity index (χ0n) is 14.9. The third kappa shape index (κ3) is 2.89. The summed E-state index contributed by atoms with van der Waals surface area (Å²) in [6.07, 6.45) is 2.38. The molecule has 2 aliphatic rings. The molecule has 140 valence electrons. The number of para-hydroxylation sites is 2. The number of fused-ring (bicyclic) bond motifs is 2. The van der Waals surface area contributed by atoms with Gasteiger partial charge in [-0.25, -0.2) is 13.4 Å². The lowest BCUT2D eigenvalue weighted by molar-refractivity contribution is 0.529. The Balaban J connectivity index is 1.42. The molecule has 1 unspecified atom stereocenters. The quantitative estimate of drug-likeness (QED) is 0.675. The van der Waals surface area contributed by atoms with Gasteiger partial charge in [0.15, 0.2) is 5.13 Å². The molecule has 0 aliphatic carbocycles. The van der Waals surface area contributed by atoms with Crippen LogP contribution in [-0.2, 0) is 16.4 Å². The topological polar surface area (TPSA) is 53.5 Å². The van der Waals surface area contributed by atoms with Gasteiger partial charge < -0.3 is 4.90 Å². The fourth-order valence-electron chi connectivity index (χ4n) is 4.10. The van der Waals surface area contributed by atoms with Crippen molar-refractivity contribution in [3.05, 3.63) is 54.1 Å². The van der Waals surface area contributed by atoms with Gasteiger partial charge in [0.1, 0.15) is 0 Å². The van der Waals surface area contributed by atoms with Crippen LogP contribution in [0.5, 0.6) is 0 Å². The molecule has 1 fully saturated rings. The highest BCUT2D eigenvalue weighted by molar-refractivity contribution is 7.93. The van der Waals surface area contributed by atoms with Gasteiger partial charge in [0.05, 0.1) is 21.2 Å². The van der Waals surface area contributed by atoms with E-state index in [-0.39, 0.29) is 5.25 Å². The van der Waals surface area contributed by atoms with E-state index >= 15 is 0 Å². The van der Waals surface area contributed by atoms with Gasteiger partial charge >= 0.3 is 0 Å². The number of hydrogen-bond donors (Lipinski definition) is 0. The lowest BCUT2D eigenvalue weighted by atomic mass is 10.1. The first-order chi connectivity index (χ1) is 13.1. The van der Waals surface area contributed by atoms with Gasteiger partial charge in [-0.2, -0.15) is 0 Å². The van der Waals surface area contributed by atoms with E-state index in [9.17, 15) is 8.42 Å². The normalized spacial score (nSPS) is 20.2. The highest BCUT2D eigenvalue weighted by atomic mass is 32.2. The number of aromatic nitrogens is 1. The Labute approximate surface area is 163 Å². The number of hydrogen-bond acceptors (Lipinski definition) is 5. The van der Waals surface area contributed by atoms with Crippen molar-refractivity contribution >= 4 is 42.4 Å². The molecule has 5 nitrogen and oxygen atoms in total. The van der Waals surface area contributed by atoms with E-state index < -0.39 is 10.0 Å². The molecule has 0 spiro atoms. The lowest BCUT2D eigenvalue weighted by Crippen LogP contribution is -2.47. The molecule has 0 radical (unpaired) electrons. The Morgan fingerprint density at radius 1 is 1.04 bits per heavy atom. The molecule has 7 heteroatoms. The maximum atomic E-state index is 13.4. The fraction of sp³-hybridized carbons (Fsp3) is 0.350. The van der Waals surface area contributed by atoms with Gasteiger partial charge in [-0.1, -0.05) is 41.7 Å². The van der Waals surface area contributed by atoms with Crippen molar-refractivity contribution in [1.29, 1.82) is 0 Å². The first-order valence-corrected chi connectivity index (χ1v) is 11.6. The first-order valence-electron chi connectivity index (χ1n) is 9.33. The average Bonchev–Trinajstić information content (AvgIpc) is 3.32. The Bertz CT molecular complexity index is 1060. The van der Waals surface area contributed by atoms with Crippen molar-refractivity contribution < 1.29 is 8.42 Å². The number of benzene rings is 2. The molecule has 2 aromatic carbocycles. The molecular formula is C20H21N3O2S2. The fourth-order valence-corrected chi connectivity index (χ4v) is 7.09. The summed E-state index contributed by atoms with van der Waals surface area (Å²) in [5.41, 5.74) is 2.96. The number of piperidine rings is 1. The minimum atomic E-state index is -3.38. The van der Waals surface area contributed by atoms with E-state index in [0.29, 0.717) is 19.5 Å². The molecule has 2 aliphatic heterocycles. The summed E-state index contributed by atoms with van der Waals surface area (Å²) in [4.78, 5) is 6.87. The Kier molecular flexibility index (Phi) is 4.09. The van der Waals surface area contributed by atoms with Gasteiger partial charge in [-0.3, -0.25) is 4.31 Å². The van der Waals surface area contributed by atoms with Crippen LogP contribution in [0.4, 0.5) is 10.8 Å². The molecule has 0 bridgehead atoms. The van der Waals surface area contributed by atoms with Gasteiger partial charge in [-0.15, -0.1) is 0 Å². The number of thiazole rings is 1. The molecule has 0 saturated carbocycles. The summed E-state index contributed by atoms with van der Waals surface area (Å²) < 4.78 is 29.5. The standard InChI is InChI=1S/C20H21N3O2S2/c24-27(25,23-13-11-15-6-1-3-9-18(15)23)16-7-5-12-22(14-16)20-21-17-8-2-4-10-19(17)26-20/h1-4,6,8-10,16H,5,7,11-14H2. The molecule has 0 amide bonds. The van der Waals surface area contributed by atoms with E-state index in [0.717, 1.165) is 46.0 Å². The molecule has 3 heterocycles. The predicted octanol–water partition coefficient (Wildman–Crippen LogP) is 3.66. The van der Waals surface area contributed by atoms with Crippen LogP contribution in [0.1, 0.15) is 18.4 Å². The van der Waals surface area contributed by atoms with E-state index in [1.807, 2.05) is 42.5 Å². The zero-order valence-corrected chi connectivity index (χ0v) is 16.5. The third-order valence-corrected chi connectivity index (χ3v) is 8.82. The third-order valence-electron chi connectivity index (χ3n) is 5.50. The van der Waals surface area contributed by atoms with Crippen molar-refractivity contribution in [2.24, 2.45) is 0 Å². The van der Waals surface area contributed by atoms with Crippen LogP contribution in [0.2, 0.25) is 0 Å². The van der Waals surface area contributed by atoms with Gasteiger partial charge in [0, 0.05) is 19.6 Å². The number of sulfonamides is 1. The number of rotatable bonds is 3. The highest BCUT2D eigenvalue weighted by Crippen LogP contribution is 2.35. The highest BCUT2D eigenvalue weighted by Gasteiger charge is 2.38. The molecule has 1 atom stereocenters. The van der Waals surface area contributed by atoms with Crippen LogP contribution in [0.25, 0.3) is 10.2 Å². The van der Waals surface area contributed by atoms with E-state index in [1.165, 1.54) is 0 Å². The SMILES string of the molecule is O=S(=O)(C1CCCN(c2nc3ccccc3s2)C1)N1CCc2ccccc21.